The molecule has 1 fully saturated rings. The summed E-state index contributed by atoms with van der Waals surface area (Å²) in [5.74, 6) is 0.572. The second-order valence-electron chi connectivity index (χ2n) is 6.39. The van der Waals surface area contributed by atoms with Crippen LogP contribution < -0.4 is 9.46 Å². The number of hydrogen-bond donors (Lipinski definition) is 1. The molecular formula is C17H26N2O4S. The van der Waals surface area contributed by atoms with Crippen molar-refractivity contribution in [3.05, 3.63) is 29.3 Å². The Hall–Kier alpha value is -1.60. The fourth-order valence-corrected chi connectivity index (χ4v) is 3.32. The number of ether oxygens (including phenoxy) is 1. The summed E-state index contributed by atoms with van der Waals surface area (Å²) in [6.45, 7) is 4.90. The lowest BCUT2D eigenvalue weighted by Gasteiger charge is -2.35. The molecule has 2 rings (SSSR count). The first kappa shape index (κ1) is 18.7. The number of aryl methyl sites for hydroxylation is 2. The van der Waals surface area contributed by atoms with Gasteiger partial charge in [0.15, 0.2) is 6.61 Å². The van der Waals surface area contributed by atoms with Gasteiger partial charge in [0.2, 0.25) is 10.0 Å². The normalized spacial score (nSPS) is 18.5. The van der Waals surface area contributed by atoms with Crippen molar-refractivity contribution in [2.45, 2.75) is 39.2 Å². The number of nitrogens with zero attached hydrogens (tertiary/aromatic N) is 1. The number of nitrogens with one attached hydrogen (secondary N) is 1. The van der Waals surface area contributed by atoms with Crippen LogP contribution >= 0.6 is 0 Å². The Morgan fingerprint density at radius 2 is 2.04 bits per heavy atom. The fraction of sp³-hybridized carbons (Fsp3) is 0.588. The third kappa shape index (κ3) is 5.49. The van der Waals surface area contributed by atoms with E-state index in [-0.39, 0.29) is 25.1 Å². The molecule has 0 aromatic heterocycles. The second kappa shape index (κ2) is 7.98. The van der Waals surface area contributed by atoms with Crippen molar-refractivity contribution >= 4 is 15.9 Å². The number of carbonyl (C=O) groups excluding carboxylic acids is 1. The zero-order chi connectivity index (χ0) is 17.7. The fourth-order valence-electron chi connectivity index (χ4n) is 2.82. The van der Waals surface area contributed by atoms with Crippen molar-refractivity contribution in [3.8, 4) is 5.75 Å². The molecule has 1 aromatic carbocycles. The van der Waals surface area contributed by atoms with Crippen molar-refractivity contribution < 1.29 is 17.9 Å². The van der Waals surface area contributed by atoms with E-state index in [4.69, 9.17) is 4.74 Å². The first-order chi connectivity index (χ1) is 11.3. The van der Waals surface area contributed by atoms with Crippen LogP contribution in [0.3, 0.4) is 0 Å². The molecule has 1 aliphatic rings. The van der Waals surface area contributed by atoms with Gasteiger partial charge in [-0.05, 0) is 56.4 Å². The van der Waals surface area contributed by atoms with Crippen LogP contribution in [-0.4, -0.2) is 51.2 Å². The minimum absolute atomic E-state index is 0.0299. The van der Waals surface area contributed by atoms with Gasteiger partial charge in [-0.1, -0.05) is 6.07 Å². The summed E-state index contributed by atoms with van der Waals surface area (Å²) in [5.41, 5.74) is 2.30. The Morgan fingerprint density at radius 3 is 2.71 bits per heavy atom. The minimum Gasteiger partial charge on any atom is -0.484 e. The summed E-state index contributed by atoms with van der Waals surface area (Å²) < 4.78 is 30.7. The molecule has 1 N–H and O–H groups in total. The molecule has 0 saturated carbocycles. The predicted octanol–water partition coefficient (Wildman–Crippen LogP) is 1.61. The summed E-state index contributed by atoms with van der Waals surface area (Å²) in [5, 5.41) is 0. The van der Waals surface area contributed by atoms with E-state index < -0.39 is 10.0 Å². The Morgan fingerprint density at radius 1 is 1.29 bits per heavy atom. The molecule has 1 amide bonds. The van der Waals surface area contributed by atoms with E-state index in [1.54, 1.807) is 4.90 Å². The highest BCUT2D eigenvalue weighted by Gasteiger charge is 2.27. The topological polar surface area (TPSA) is 75.7 Å². The molecule has 1 saturated heterocycles. The Kier molecular flexibility index (Phi) is 6.23. The van der Waals surface area contributed by atoms with Gasteiger partial charge in [-0.3, -0.25) is 4.79 Å². The third-order valence-corrected chi connectivity index (χ3v) is 5.06. The first-order valence-corrected chi connectivity index (χ1v) is 10.1. The van der Waals surface area contributed by atoms with E-state index in [9.17, 15) is 13.2 Å². The van der Waals surface area contributed by atoms with Crippen molar-refractivity contribution in [2.75, 3.05) is 26.0 Å². The molecule has 24 heavy (non-hydrogen) atoms. The van der Waals surface area contributed by atoms with E-state index in [0.717, 1.165) is 31.1 Å². The van der Waals surface area contributed by atoms with E-state index in [1.165, 1.54) is 5.56 Å². The molecule has 1 unspecified atom stereocenters. The minimum atomic E-state index is -3.26. The van der Waals surface area contributed by atoms with Crippen LogP contribution in [0.25, 0.3) is 0 Å². The largest absolute Gasteiger partial charge is 0.484 e. The van der Waals surface area contributed by atoms with Crippen molar-refractivity contribution in [3.63, 3.8) is 0 Å². The Bertz CT molecular complexity index is 688. The number of likely N-dealkylation sites (tertiary alicyclic amines) is 1. The van der Waals surface area contributed by atoms with E-state index in [2.05, 4.69) is 4.72 Å². The van der Waals surface area contributed by atoms with Gasteiger partial charge < -0.3 is 9.64 Å². The first-order valence-electron chi connectivity index (χ1n) is 8.20. The quantitative estimate of drug-likeness (QED) is 0.842. The van der Waals surface area contributed by atoms with Gasteiger partial charge in [-0.15, -0.1) is 0 Å². The highest BCUT2D eigenvalue weighted by Crippen LogP contribution is 2.19. The number of carbonyl (C=O) groups is 1. The van der Waals surface area contributed by atoms with Gasteiger partial charge in [0.25, 0.3) is 5.91 Å². The van der Waals surface area contributed by atoms with Gasteiger partial charge in [-0.2, -0.15) is 0 Å². The Labute approximate surface area is 144 Å². The van der Waals surface area contributed by atoms with E-state index in [0.29, 0.717) is 12.3 Å². The number of rotatable bonds is 6. The summed E-state index contributed by atoms with van der Waals surface area (Å²) in [4.78, 5) is 14.2. The van der Waals surface area contributed by atoms with Crippen LogP contribution in [0.2, 0.25) is 0 Å². The number of piperidine rings is 1. The third-order valence-electron chi connectivity index (χ3n) is 4.37. The maximum Gasteiger partial charge on any atom is 0.260 e. The molecule has 134 valence electrons. The van der Waals surface area contributed by atoms with Crippen LogP contribution in [0, 0.1) is 13.8 Å². The van der Waals surface area contributed by atoms with Gasteiger partial charge in [0.05, 0.1) is 6.26 Å². The smallest absolute Gasteiger partial charge is 0.260 e. The lowest BCUT2D eigenvalue weighted by Crippen LogP contribution is -2.50. The summed E-state index contributed by atoms with van der Waals surface area (Å²) in [7, 11) is -3.26. The zero-order valence-electron chi connectivity index (χ0n) is 14.5. The summed E-state index contributed by atoms with van der Waals surface area (Å²) in [6, 6.07) is 5.63. The lowest BCUT2D eigenvalue weighted by molar-refractivity contribution is -0.136. The molecule has 0 radical (unpaired) electrons. The maximum atomic E-state index is 12.5. The van der Waals surface area contributed by atoms with Gasteiger partial charge in [0.1, 0.15) is 5.75 Å². The monoisotopic (exact) mass is 354 g/mol. The van der Waals surface area contributed by atoms with Gasteiger partial charge in [-0.25, -0.2) is 13.1 Å². The summed E-state index contributed by atoms with van der Waals surface area (Å²) >= 11 is 0. The SMILES string of the molecule is Cc1ccc(OCC(=O)N2CCCCC2CNS(C)(=O)=O)cc1C. The van der Waals surface area contributed by atoms with Crippen molar-refractivity contribution in [2.24, 2.45) is 0 Å². The van der Waals surface area contributed by atoms with Crippen LogP contribution in [-0.2, 0) is 14.8 Å². The molecule has 0 spiro atoms. The van der Waals surface area contributed by atoms with Crippen LogP contribution in [0.4, 0.5) is 0 Å². The summed E-state index contributed by atoms with van der Waals surface area (Å²) in [6.07, 6.45) is 3.87. The van der Waals surface area contributed by atoms with E-state index >= 15 is 0 Å². The standard InChI is InChI=1S/C17H26N2O4S/c1-13-7-8-16(10-14(13)2)23-12-17(20)19-9-5-4-6-15(19)11-18-24(3,21)22/h7-8,10,15,18H,4-6,9,11-12H2,1-3H3. The average molecular weight is 354 g/mol. The van der Waals surface area contributed by atoms with Crippen LogP contribution in [0.1, 0.15) is 30.4 Å². The highest BCUT2D eigenvalue weighted by molar-refractivity contribution is 7.88. The number of hydrogen-bond acceptors (Lipinski definition) is 4. The molecule has 0 aliphatic carbocycles. The van der Waals surface area contributed by atoms with Gasteiger partial charge in [0, 0.05) is 19.1 Å². The maximum absolute atomic E-state index is 12.5. The van der Waals surface area contributed by atoms with Gasteiger partial charge >= 0.3 is 0 Å². The number of sulfonamides is 1. The molecular weight excluding hydrogens is 328 g/mol. The number of benzene rings is 1. The van der Waals surface area contributed by atoms with Crippen LogP contribution in [0.15, 0.2) is 18.2 Å². The molecule has 6 nitrogen and oxygen atoms in total. The molecule has 7 heteroatoms. The lowest BCUT2D eigenvalue weighted by atomic mass is 10.0. The highest BCUT2D eigenvalue weighted by atomic mass is 32.2. The van der Waals surface area contributed by atoms with E-state index in [1.807, 2.05) is 32.0 Å². The predicted molar refractivity (Wildman–Crippen MR) is 93.6 cm³/mol. The van der Waals surface area contributed by atoms with Crippen LogP contribution in [0.5, 0.6) is 5.75 Å². The van der Waals surface area contributed by atoms with Crippen molar-refractivity contribution in [1.82, 2.24) is 9.62 Å². The van der Waals surface area contributed by atoms with Crippen molar-refractivity contribution in [1.29, 1.82) is 0 Å². The zero-order valence-corrected chi connectivity index (χ0v) is 15.4. The molecule has 1 heterocycles. The average Bonchev–Trinajstić information content (AvgIpc) is 2.53. The molecule has 1 aliphatic heterocycles. The Balaban J connectivity index is 1.94. The second-order valence-corrected chi connectivity index (χ2v) is 8.23. The number of amides is 1. The molecule has 0 bridgehead atoms. The molecule has 1 aromatic rings. The molecule has 1 atom stereocenters.